The highest BCUT2D eigenvalue weighted by Gasteiger charge is 2.31. The van der Waals surface area contributed by atoms with Gasteiger partial charge in [0.25, 0.3) is 0 Å². The second-order valence-electron chi connectivity index (χ2n) is 5.50. The summed E-state index contributed by atoms with van der Waals surface area (Å²) in [7, 11) is 2.21. The first-order valence-electron chi connectivity index (χ1n) is 6.35. The molecule has 2 aliphatic heterocycles. The Kier molecular flexibility index (Phi) is 3.65. The highest BCUT2D eigenvalue weighted by Crippen LogP contribution is 2.21. The third kappa shape index (κ3) is 2.71. The van der Waals surface area contributed by atoms with Gasteiger partial charge < -0.3 is 10.6 Å². The highest BCUT2D eigenvalue weighted by atomic mass is 15.2. The molecule has 0 spiro atoms. The van der Waals surface area contributed by atoms with Crippen LogP contribution < -0.4 is 5.73 Å². The van der Waals surface area contributed by atoms with Gasteiger partial charge in [-0.3, -0.25) is 4.90 Å². The summed E-state index contributed by atoms with van der Waals surface area (Å²) in [6.07, 6.45) is 3.87. The topological polar surface area (TPSA) is 32.5 Å². The quantitative estimate of drug-likeness (QED) is 0.695. The van der Waals surface area contributed by atoms with Crippen LogP contribution in [0.1, 0.15) is 26.2 Å². The molecular weight excluding hydrogens is 186 g/mol. The molecule has 0 aliphatic carbocycles. The summed E-state index contributed by atoms with van der Waals surface area (Å²) >= 11 is 0. The Hall–Kier alpha value is -0.120. The average molecular weight is 211 g/mol. The number of hydrogen-bond acceptors (Lipinski definition) is 3. The summed E-state index contributed by atoms with van der Waals surface area (Å²) in [5.74, 6) is 0.916. The van der Waals surface area contributed by atoms with E-state index in [1.165, 1.54) is 32.5 Å². The average Bonchev–Trinajstić information content (AvgIpc) is 2.23. The van der Waals surface area contributed by atoms with Gasteiger partial charge in [-0.1, -0.05) is 6.92 Å². The van der Waals surface area contributed by atoms with Crippen molar-refractivity contribution >= 4 is 0 Å². The molecule has 0 bridgehead atoms. The van der Waals surface area contributed by atoms with Gasteiger partial charge in [0.05, 0.1) is 0 Å². The van der Waals surface area contributed by atoms with Crippen LogP contribution >= 0.6 is 0 Å². The minimum absolute atomic E-state index is 0.398. The molecule has 2 atom stereocenters. The molecule has 2 fully saturated rings. The summed E-state index contributed by atoms with van der Waals surface area (Å²) in [4.78, 5) is 5.05. The molecule has 0 saturated carbocycles. The molecule has 2 rings (SSSR count). The summed E-state index contributed by atoms with van der Waals surface area (Å²) in [6, 6.07) is 1.01. The van der Waals surface area contributed by atoms with E-state index in [0.717, 1.165) is 18.9 Å². The Morgan fingerprint density at radius 2 is 1.73 bits per heavy atom. The fourth-order valence-corrected chi connectivity index (χ4v) is 2.85. The van der Waals surface area contributed by atoms with E-state index in [4.69, 9.17) is 5.73 Å². The van der Waals surface area contributed by atoms with Crippen molar-refractivity contribution in [1.82, 2.24) is 9.80 Å². The maximum atomic E-state index is 6.24. The molecule has 15 heavy (non-hydrogen) atoms. The van der Waals surface area contributed by atoms with Gasteiger partial charge in [-0.15, -0.1) is 0 Å². The van der Waals surface area contributed by atoms with Gasteiger partial charge in [0, 0.05) is 18.6 Å². The van der Waals surface area contributed by atoms with Crippen LogP contribution in [0.2, 0.25) is 0 Å². The second-order valence-corrected chi connectivity index (χ2v) is 5.50. The summed E-state index contributed by atoms with van der Waals surface area (Å²) in [6.45, 7) is 7.21. The van der Waals surface area contributed by atoms with Gasteiger partial charge in [-0.25, -0.2) is 0 Å². The van der Waals surface area contributed by atoms with Crippen molar-refractivity contribution in [2.75, 3.05) is 33.2 Å². The number of piperidine rings is 2. The lowest BCUT2D eigenvalue weighted by atomic mass is 9.93. The van der Waals surface area contributed by atoms with Crippen LogP contribution in [0.5, 0.6) is 0 Å². The third-order valence-electron chi connectivity index (χ3n) is 4.12. The van der Waals surface area contributed by atoms with E-state index in [1.54, 1.807) is 0 Å². The van der Waals surface area contributed by atoms with Crippen molar-refractivity contribution in [1.29, 1.82) is 0 Å². The van der Waals surface area contributed by atoms with E-state index in [2.05, 4.69) is 23.8 Å². The maximum Gasteiger partial charge on any atom is 0.0374 e. The number of nitrogens with two attached hydrogens (primary N) is 1. The molecule has 2 aliphatic rings. The molecule has 2 N–H and O–H groups in total. The molecule has 0 amide bonds. The van der Waals surface area contributed by atoms with Crippen molar-refractivity contribution in [2.45, 2.75) is 38.3 Å². The first kappa shape index (κ1) is 11.4. The minimum Gasteiger partial charge on any atom is -0.326 e. The number of rotatable bonds is 1. The van der Waals surface area contributed by atoms with E-state index >= 15 is 0 Å². The van der Waals surface area contributed by atoms with Gasteiger partial charge in [0.2, 0.25) is 0 Å². The van der Waals surface area contributed by atoms with Gasteiger partial charge in [0.15, 0.2) is 0 Å². The predicted molar refractivity (Wildman–Crippen MR) is 63.8 cm³/mol. The summed E-state index contributed by atoms with van der Waals surface area (Å²) in [5, 5.41) is 0. The van der Waals surface area contributed by atoms with Gasteiger partial charge >= 0.3 is 0 Å². The van der Waals surface area contributed by atoms with Crippen LogP contribution in [0, 0.1) is 5.92 Å². The molecule has 2 unspecified atom stereocenters. The lowest BCUT2D eigenvalue weighted by molar-refractivity contribution is 0.0680. The maximum absolute atomic E-state index is 6.24. The Labute approximate surface area is 93.6 Å². The lowest BCUT2D eigenvalue weighted by Gasteiger charge is -2.44. The van der Waals surface area contributed by atoms with Gasteiger partial charge in [0.1, 0.15) is 0 Å². The Bertz CT molecular complexity index is 199. The van der Waals surface area contributed by atoms with E-state index < -0.39 is 0 Å². The molecule has 88 valence electrons. The van der Waals surface area contributed by atoms with Crippen LogP contribution in [-0.4, -0.2) is 55.1 Å². The van der Waals surface area contributed by atoms with Crippen molar-refractivity contribution in [3.63, 3.8) is 0 Å². The molecule has 0 aromatic carbocycles. The SMILES string of the molecule is CC1CCN(C2CN(C)CCC2N)CC1. The van der Waals surface area contributed by atoms with Crippen LogP contribution in [0.15, 0.2) is 0 Å². The standard InChI is InChI=1S/C12H25N3/c1-10-3-7-15(8-4-10)12-9-14(2)6-5-11(12)13/h10-12H,3-9,13H2,1-2H3. The minimum atomic E-state index is 0.398. The normalized spacial score (nSPS) is 37.0. The summed E-state index contributed by atoms with van der Waals surface area (Å²) < 4.78 is 0. The monoisotopic (exact) mass is 211 g/mol. The first-order chi connectivity index (χ1) is 7.16. The predicted octanol–water partition coefficient (Wildman–Crippen LogP) is 0.750. The lowest BCUT2D eigenvalue weighted by Crippen LogP contribution is -2.58. The molecular formula is C12H25N3. The van der Waals surface area contributed by atoms with E-state index in [0.29, 0.717) is 12.1 Å². The fourth-order valence-electron chi connectivity index (χ4n) is 2.85. The smallest absolute Gasteiger partial charge is 0.0374 e. The Balaban J connectivity index is 1.90. The van der Waals surface area contributed by atoms with Gasteiger partial charge in [-0.05, 0) is 51.9 Å². The van der Waals surface area contributed by atoms with Crippen LogP contribution in [0.3, 0.4) is 0 Å². The molecule has 0 aromatic heterocycles. The fraction of sp³-hybridized carbons (Fsp3) is 1.00. The second kappa shape index (κ2) is 4.81. The number of likely N-dealkylation sites (tertiary alicyclic amines) is 2. The van der Waals surface area contributed by atoms with Crippen molar-refractivity contribution in [3.05, 3.63) is 0 Å². The zero-order valence-electron chi connectivity index (χ0n) is 10.2. The number of hydrogen-bond donors (Lipinski definition) is 1. The van der Waals surface area contributed by atoms with Crippen molar-refractivity contribution in [2.24, 2.45) is 11.7 Å². The van der Waals surface area contributed by atoms with E-state index in [1.807, 2.05) is 0 Å². The zero-order chi connectivity index (χ0) is 10.8. The Morgan fingerprint density at radius 1 is 1.07 bits per heavy atom. The number of nitrogens with zero attached hydrogens (tertiary/aromatic N) is 2. The van der Waals surface area contributed by atoms with Crippen LogP contribution in [0.4, 0.5) is 0 Å². The molecule has 2 saturated heterocycles. The highest BCUT2D eigenvalue weighted by molar-refractivity contribution is 4.90. The Morgan fingerprint density at radius 3 is 2.40 bits per heavy atom. The van der Waals surface area contributed by atoms with E-state index in [9.17, 15) is 0 Å². The molecule has 2 heterocycles. The largest absolute Gasteiger partial charge is 0.326 e. The zero-order valence-corrected chi connectivity index (χ0v) is 10.2. The third-order valence-corrected chi connectivity index (χ3v) is 4.12. The van der Waals surface area contributed by atoms with E-state index in [-0.39, 0.29) is 0 Å². The van der Waals surface area contributed by atoms with Crippen molar-refractivity contribution < 1.29 is 0 Å². The number of likely N-dealkylation sites (N-methyl/N-ethyl adjacent to an activating group) is 1. The molecule has 0 aromatic rings. The molecule has 0 radical (unpaired) electrons. The van der Waals surface area contributed by atoms with Crippen LogP contribution in [0.25, 0.3) is 0 Å². The van der Waals surface area contributed by atoms with Gasteiger partial charge in [-0.2, -0.15) is 0 Å². The first-order valence-corrected chi connectivity index (χ1v) is 6.35. The molecule has 3 nitrogen and oxygen atoms in total. The summed E-state index contributed by atoms with van der Waals surface area (Å²) in [5.41, 5.74) is 6.24. The molecule has 3 heteroatoms. The van der Waals surface area contributed by atoms with Crippen LogP contribution in [-0.2, 0) is 0 Å². The van der Waals surface area contributed by atoms with Crippen molar-refractivity contribution in [3.8, 4) is 0 Å².